The third-order valence-corrected chi connectivity index (χ3v) is 4.63. The van der Waals surface area contributed by atoms with Crippen LogP contribution in [-0.2, 0) is 13.2 Å². The molecule has 2 N–H and O–H groups in total. The van der Waals surface area contributed by atoms with Crippen molar-refractivity contribution in [3.63, 3.8) is 0 Å². The molecule has 1 aliphatic heterocycles. The summed E-state index contributed by atoms with van der Waals surface area (Å²) in [7, 11) is 0. The number of aliphatic hydroxyl groups excluding tert-OH is 1. The molecule has 1 amide bonds. The predicted molar refractivity (Wildman–Crippen MR) is 98.0 cm³/mol. The predicted octanol–water partition coefficient (Wildman–Crippen LogP) is 1.75. The quantitative estimate of drug-likeness (QED) is 0.732. The van der Waals surface area contributed by atoms with E-state index in [9.17, 15) is 9.90 Å². The van der Waals surface area contributed by atoms with E-state index in [4.69, 9.17) is 0 Å². The second-order valence-corrected chi connectivity index (χ2v) is 6.50. The van der Waals surface area contributed by atoms with Crippen LogP contribution in [0.4, 0.5) is 5.69 Å². The van der Waals surface area contributed by atoms with Crippen LogP contribution >= 0.6 is 0 Å². The highest BCUT2D eigenvalue weighted by molar-refractivity contribution is 5.94. The normalized spacial score (nSPS) is 14.1. The van der Waals surface area contributed by atoms with Crippen molar-refractivity contribution >= 4 is 17.2 Å². The number of rotatable bonds is 5. The fourth-order valence-electron chi connectivity index (χ4n) is 3.24. The minimum Gasteiger partial charge on any atom is -0.392 e. The topological polar surface area (TPSA) is 82.8 Å². The Labute approximate surface area is 151 Å². The largest absolute Gasteiger partial charge is 0.392 e. The molecule has 3 aromatic rings. The van der Waals surface area contributed by atoms with Gasteiger partial charge < -0.3 is 19.7 Å². The van der Waals surface area contributed by atoms with Gasteiger partial charge in [0, 0.05) is 31.7 Å². The summed E-state index contributed by atoms with van der Waals surface area (Å²) in [5.74, 6) is -0.161. The van der Waals surface area contributed by atoms with E-state index in [-0.39, 0.29) is 12.5 Å². The lowest BCUT2D eigenvalue weighted by Gasteiger charge is -2.17. The third kappa shape index (κ3) is 3.39. The van der Waals surface area contributed by atoms with Gasteiger partial charge in [-0.05, 0) is 30.5 Å². The van der Waals surface area contributed by atoms with Gasteiger partial charge >= 0.3 is 0 Å². The number of pyridine rings is 2. The van der Waals surface area contributed by atoms with E-state index < -0.39 is 0 Å². The van der Waals surface area contributed by atoms with Crippen molar-refractivity contribution in [3.05, 3.63) is 59.8 Å². The first-order valence-corrected chi connectivity index (χ1v) is 8.78. The lowest BCUT2D eigenvalue weighted by atomic mass is 10.2. The number of aromatic nitrogens is 3. The molecule has 0 aliphatic carbocycles. The van der Waals surface area contributed by atoms with Gasteiger partial charge in [0.25, 0.3) is 5.91 Å². The Morgan fingerprint density at radius 2 is 2.04 bits per heavy atom. The number of anilines is 1. The summed E-state index contributed by atoms with van der Waals surface area (Å²) in [5.41, 5.74) is 3.91. The number of hydrogen-bond acceptors (Lipinski definition) is 5. The maximum atomic E-state index is 12.5. The van der Waals surface area contributed by atoms with Gasteiger partial charge in [0.05, 0.1) is 36.3 Å². The van der Waals surface area contributed by atoms with Gasteiger partial charge in [-0.25, -0.2) is 4.98 Å². The molecular weight excluding hydrogens is 330 g/mol. The van der Waals surface area contributed by atoms with Crippen molar-refractivity contribution in [1.29, 1.82) is 0 Å². The number of hydrogen-bond donors (Lipinski definition) is 2. The van der Waals surface area contributed by atoms with E-state index in [1.165, 1.54) is 12.8 Å². The molecule has 0 bridgehead atoms. The van der Waals surface area contributed by atoms with E-state index in [1.807, 2.05) is 41.2 Å². The van der Waals surface area contributed by atoms with Gasteiger partial charge in [0.15, 0.2) is 0 Å². The minimum atomic E-state index is -0.161. The lowest BCUT2D eigenvalue weighted by molar-refractivity contribution is 0.0950. The molecule has 4 rings (SSSR count). The Balaban J connectivity index is 1.44. The minimum absolute atomic E-state index is 0.0133. The second kappa shape index (κ2) is 7.13. The van der Waals surface area contributed by atoms with Crippen LogP contribution in [0.25, 0.3) is 5.65 Å². The van der Waals surface area contributed by atoms with Crippen LogP contribution in [0, 0.1) is 0 Å². The smallest absolute Gasteiger partial charge is 0.253 e. The van der Waals surface area contributed by atoms with Crippen molar-refractivity contribution < 1.29 is 9.90 Å². The zero-order chi connectivity index (χ0) is 17.9. The zero-order valence-corrected chi connectivity index (χ0v) is 14.4. The Bertz CT molecular complexity index is 931. The van der Waals surface area contributed by atoms with Crippen LogP contribution in [0.3, 0.4) is 0 Å². The molecule has 0 radical (unpaired) electrons. The molecule has 1 saturated heterocycles. The average Bonchev–Trinajstić information content (AvgIpc) is 3.35. The first-order valence-electron chi connectivity index (χ1n) is 8.78. The summed E-state index contributed by atoms with van der Waals surface area (Å²) in [4.78, 5) is 23.4. The molecule has 0 atom stereocenters. The van der Waals surface area contributed by atoms with Gasteiger partial charge in [0.2, 0.25) is 0 Å². The number of carbonyl (C=O) groups excluding carboxylic acids is 1. The number of aliphatic hydroxyl groups is 1. The van der Waals surface area contributed by atoms with E-state index in [2.05, 4.69) is 20.2 Å². The third-order valence-electron chi connectivity index (χ3n) is 4.63. The molecule has 0 aromatic carbocycles. The summed E-state index contributed by atoms with van der Waals surface area (Å²) >= 11 is 0. The van der Waals surface area contributed by atoms with Gasteiger partial charge in [-0.15, -0.1) is 0 Å². The molecule has 134 valence electrons. The number of imidazole rings is 1. The molecular formula is C19H21N5O2. The Kier molecular flexibility index (Phi) is 4.53. The summed E-state index contributed by atoms with van der Waals surface area (Å²) in [5, 5.41) is 12.1. The molecule has 1 aliphatic rings. The van der Waals surface area contributed by atoms with E-state index >= 15 is 0 Å². The summed E-state index contributed by atoms with van der Waals surface area (Å²) < 4.78 is 1.85. The van der Waals surface area contributed by atoms with Crippen molar-refractivity contribution in [2.24, 2.45) is 0 Å². The fraction of sp³-hybridized carbons (Fsp3) is 0.316. The molecule has 7 nitrogen and oxygen atoms in total. The summed E-state index contributed by atoms with van der Waals surface area (Å²) in [6, 6.07) is 5.57. The van der Waals surface area contributed by atoms with Crippen molar-refractivity contribution in [2.75, 3.05) is 18.0 Å². The molecule has 1 fully saturated rings. The van der Waals surface area contributed by atoms with E-state index in [1.54, 1.807) is 6.20 Å². The molecule has 0 saturated carbocycles. The number of carbonyl (C=O) groups is 1. The maximum Gasteiger partial charge on any atom is 0.253 e. The Hall–Kier alpha value is -2.93. The fourth-order valence-corrected chi connectivity index (χ4v) is 3.24. The molecule has 0 spiro atoms. The maximum absolute atomic E-state index is 12.5. The highest BCUT2D eigenvalue weighted by Gasteiger charge is 2.15. The molecule has 4 heterocycles. The molecule has 26 heavy (non-hydrogen) atoms. The first kappa shape index (κ1) is 16.5. The Morgan fingerprint density at radius 1 is 1.19 bits per heavy atom. The average molecular weight is 351 g/mol. The van der Waals surface area contributed by atoms with E-state index in [0.717, 1.165) is 35.7 Å². The summed E-state index contributed by atoms with van der Waals surface area (Å²) in [6.45, 7) is 2.36. The van der Waals surface area contributed by atoms with Crippen LogP contribution in [0.2, 0.25) is 0 Å². The molecule has 7 heteroatoms. The van der Waals surface area contributed by atoms with Crippen molar-refractivity contribution in [2.45, 2.75) is 26.0 Å². The monoisotopic (exact) mass is 351 g/mol. The lowest BCUT2D eigenvalue weighted by Crippen LogP contribution is -2.24. The van der Waals surface area contributed by atoms with Crippen LogP contribution in [0.1, 0.15) is 34.5 Å². The number of fused-ring (bicyclic) bond motifs is 1. The second-order valence-electron chi connectivity index (χ2n) is 6.50. The summed E-state index contributed by atoms with van der Waals surface area (Å²) in [6.07, 6.45) is 9.45. The van der Waals surface area contributed by atoms with Crippen molar-refractivity contribution in [1.82, 2.24) is 19.7 Å². The van der Waals surface area contributed by atoms with Gasteiger partial charge in [-0.1, -0.05) is 6.07 Å². The molecule has 3 aromatic heterocycles. The van der Waals surface area contributed by atoms with E-state index in [0.29, 0.717) is 12.1 Å². The Morgan fingerprint density at radius 3 is 2.85 bits per heavy atom. The van der Waals surface area contributed by atoms with Crippen LogP contribution in [-0.4, -0.2) is 38.5 Å². The van der Waals surface area contributed by atoms with Crippen molar-refractivity contribution in [3.8, 4) is 0 Å². The highest BCUT2D eigenvalue weighted by Crippen LogP contribution is 2.20. The van der Waals surface area contributed by atoms with Gasteiger partial charge in [-0.3, -0.25) is 9.78 Å². The highest BCUT2D eigenvalue weighted by atomic mass is 16.3. The van der Waals surface area contributed by atoms with Crippen LogP contribution < -0.4 is 10.2 Å². The molecule has 0 unspecified atom stereocenters. The number of nitrogens with one attached hydrogen (secondary N) is 1. The number of nitrogens with zero attached hydrogens (tertiary/aromatic N) is 4. The van der Waals surface area contributed by atoms with Gasteiger partial charge in [0.1, 0.15) is 5.65 Å². The standard InChI is InChI=1S/C19H21N5O2/c25-13-14-3-4-18-22-16(12-24(18)11-14)9-21-19(26)15-7-17(10-20-8-15)23-5-1-2-6-23/h3-4,7-8,10-12,25H,1-2,5-6,9,13H2,(H,21,26). The van der Waals surface area contributed by atoms with Gasteiger partial charge in [-0.2, -0.15) is 0 Å². The first-order chi connectivity index (χ1) is 12.7. The zero-order valence-electron chi connectivity index (χ0n) is 14.4. The van der Waals surface area contributed by atoms with Crippen LogP contribution in [0.5, 0.6) is 0 Å². The van der Waals surface area contributed by atoms with Crippen LogP contribution in [0.15, 0.2) is 43.0 Å². The number of amides is 1. The SMILES string of the molecule is O=C(NCc1cn2cc(CO)ccc2n1)c1cncc(N2CCCC2)c1.